The molecule has 0 radical (unpaired) electrons. The molecule has 0 saturated carbocycles. The summed E-state index contributed by atoms with van der Waals surface area (Å²) in [7, 11) is 2.32. The molecule has 0 N–H and O–H groups in total. The highest BCUT2D eigenvalue weighted by molar-refractivity contribution is 8.13. The van der Waals surface area contributed by atoms with Gasteiger partial charge in [0.25, 0.3) is 0 Å². The third-order valence-electron chi connectivity index (χ3n) is 1.61. The van der Waals surface area contributed by atoms with Gasteiger partial charge in [-0.3, -0.25) is 0 Å². The van der Waals surface area contributed by atoms with E-state index < -0.39 is 26.4 Å². The van der Waals surface area contributed by atoms with Crippen LogP contribution in [0.3, 0.4) is 0 Å². The lowest BCUT2D eigenvalue weighted by molar-refractivity contribution is 0.371. The molecular formula is C8H7ClF2O3S. The standard InChI is InChI=1S/C8H7ClF2O3S/c1-14-7-3-5(4-15(9,12)13)2-6(10)8(7)11/h2-3H,4H2,1H3. The first-order chi connectivity index (χ1) is 6.83. The number of rotatable bonds is 3. The molecule has 1 aromatic rings. The average Bonchev–Trinajstić information content (AvgIpc) is 2.08. The van der Waals surface area contributed by atoms with Crippen molar-refractivity contribution in [3.63, 3.8) is 0 Å². The lowest BCUT2D eigenvalue weighted by atomic mass is 10.2. The molecule has 1 aromatic carbocycles. The Hall–Kier alpha value is -0.880. The Kier molecular flexibility index (Phi) is 3.51. The second-order valence-corrected chi connectivity index (χ2v) is 5.55. The van der Waals surface area contributed by atoms with Gasteiger partial charge in [-0.2, -0.15) is 4.39 Å². The molecule has 0 spiro atoms. The minimum Gasteiger partial charge on any atom is -0.494 e. The van der Waals surface area contributed by atoms with Crippen LogP contribution in [0.25, 0.3) is 0 Å². The third-order valence-corrected chi connectivity index (χ3v) is 2.62. The van der Waals surface area contributed by atoms with E-state index in [0.29, 0.717) is 0 Å². The maximum Gasteiger partial charge on any atom is 0.236 e. The average molecular weight is 257 g/mol. The summed E-state index contributed by atoms with van der Waals surface area (Å²) in [6.07, 6.45) is 0. The number of methoxy groups -OCH3 is 1. The zero-order chi connectivity index (χ0) is 11.6. The van der Waals surface area contributed by atoms with E-state index in [9.17, 15) is 17.2 Å². The first-order valence-electron chi connectivity index (χ1n) is 3.77. The Morgan fingerprint density at radius 1 is 1.40 bits per heavy atom. The molecule has 0 aliphatic carbocycles. The summed E-state index contributed by atoms with van der Waals surface area (Å²) in [6.45, 7) is 0. The van der Waals surface area contributed by atoms with E-state index in [4.69, 9.17) is 10.7 Å². The Morgan fingerprint density at radius 3 is 2.47 bits per heavy atom. The van der Waals surface area contributed by atoms with Crippen molar-refractivity contribution in [2.45, 2.75) is 5.75 Å². The molecule has 0 aromatic heterocycles. The van der Waals surface area contributed by atoms with Crippen molar-refractivity contribution < 1.29 is 21.9 Å². The highest BCUT2D eigenvalue weighted by Gasteiger charge is 2.14. The van der Waals surface area contributed by atoms with Crippen LogP contribution in [0.2, 0.25) is 0 Å². The van der Waals surface area contributed by atoms with E-state index in [-0.39, 0.29) is 11.3 Å². The zero-order valence-corrected chi connectivity index (χ0v) is 9.20. The quantitative estimate of drug-likeness (QED) is 0.778. The molecule has 7 heteroatoms. The summed E-state index contributed by atoms with van der Waals surface area (Å²) in [4.78, 5) is 0. The first kappa shape index (κ1) is 12.2. The van der Waals surface area contributed by atoms with Crippen LogP contribution in [0.5, 0.6) is 5.75 Å². The summed E-state index contributed by atoms with van der Waals surface area (Å²) >= 11 is 0. The summed E-state index contributed by atoms with van der Waals surface area (Å²) in [5, 5.41) is 0. The summed E-state index contributed by atoms with van der Waals surface area (Å²) in [5.41, 5.74) is 0.0285. The molecule has 0 bridgehead atoms. The van der Waals surface area contributed by atoms with Gasteiger partial charge in [0.15, 0.2) is 11.6 Å². The van der Waals surface area contributed by atoms with Gasteiger partial charge < -0.3 is 4.74 Å². The van der Waals surface area contributed by atoms with Crippen LogP contribution >= 0.6 is 10.7 Å². The van der Waals surface area contributed by atoms with Crippen molar-refractivity contribution in [2.75, 3.05) is 7.11 Å². The van der Waals surface area contributed by atoms with Gasteiger partial charge in [0.05, 0.1) is 12.9 Å². The van der Waals surface area contributed by atoms with Crippen molar-refractivity contribution in [2.24, 2.45) is 0 Å². The van der Waals surface area contributed by atoms with Crippen LogP contribution in [-0.2, 0) is 14.8 Å². The largest absolute Gasteiger partial charge is 0.494 e. The molecule has 0 fully saturated rings. The molecule has 0 atom stereocenters. The molecule has 0 saturated heterocycles. The van der Waals surface area contributed by atoms with E-state index in [1.807, 2.05) is 0 Å². The number of benzene rings is 1. The monoisotopic (exact) mass is 256 g/mol. The number of hydrogen-bond acceptors (Lipinski definition) is 3. The van der Waals surface area contributed by atoms with Gasteiger partial charge in [0.1, 0.15) is 0 Å². The fraction of sp³-hybridized carbons (Fsp3) is 0.250. The van der Waals surface area contributed by atoms with Crippen molar-refractivity contribution in [1.82, 2.24) is 0 Å². The second kappa shape index (κ2) is 4.32. The van der Waals surface area contributed by atoms with Crippen molar-refractivity contribution in [1.29, 1.82) is 0 Å². The summed E-state index contributed by atoms with van der Waals surface area (Å²) < 4.78 is 51.8. The van der Waals surface area contributed by atoms with Crippen LogP contribution in [0.15, 0.2) is 12.1 Å². The number of halogens is 3. The smallest absolute Gasteiger partial charge is 0.236 e. The highest BCUT2D eigenvalue weighted by Crippen LogP contribution is 2.23. The van der Waals surface area contributed by atoms with Gasteiger partial charge >= 0.3 is 0 Å². The second-order valence-electron chi connectivity index (χ2n) is 2.78. The lowest BCUT2D eigenvalue weighted by Crippen LogP contribution is -1.99. The zero-order valence-electron chi connectivity index (χ0n) is 7.63. The fourth-order valence-corrected chi connectivity index (χ4v) is 1.99. The number of ether oxygens (including phenoxy) is 1. The highest BCUT2D eigenvalue weighted by atomic mass is 35.7. The minimum absolute atomic E-state index is 0.0285. The van der Waals surface area contributed by atoms with E-state index in [1.165, 1.54) is 0 Å². The van der Waals surface area contributed by atoms with Crippen molar-refractivity contribution in [3.8, 4) is 5.75 Å². The van der Waals surface area contributed by atoms with Crippen LogP contribution < -0.4 is 4.74 Å². The SMILES string of the molecule is COc1cc(CS(=O)(=O)Cl)cc(F)c1F. The predicted octanol–water partition coefficient (Wildman–Crippen LogP) is 2.04. The molecular weight excluding hydrogens is 250 g/mol. The van der Waals surface area contributed by atoms with E-state index in [0.717, 1.165) is 19.2 Å². The first-order valence-corrected chi connectivity index (χ1v) is 6.25. The van der Waals surface area contributed by atoms with E-state index >= 15 is 0 Å². The van der Waals surface area contributed by atoms with Gasteiger partial charge in [-0.15, -0.1) is 0 Å². The molecule has 15 heavy (non-hydrogen) atoms. The molecule has 0 aliphatic rings. The van der Waals surface area contributed by atoms with Crippen LogP contribution in [0.4, 0.5) is 8.78 Å². The van der Waals surface area contributed by atoms with Gasteiger partial charge in [-0.25, -0.2) is 12.8 Å². The summed E-state index contributed by atoms with van der Waals surface area (Å²) in [5.74, 6) is -3.27. The molecule has 1 rings (SSSR count). The fourth-order valence-electron chi connectivity index (χ4n) is 1.05. The third kappa shape index (κ3) is 3.32. The lowest BCUT2D eigenvalue weighted by Gasteiger charge is -2.05. The van der Waals surface area contributed by atoms with Gasteiger partial charge in [-0.1, -0.05) is 0 Å². The minimum atomic E-state index is -3.80. The molecule has 3 nitrogen and oxygen atoms in total. The Balaban J connectivity index is 3.17. The van der Waals surface area contributed by atoms with Crippen LogP contribution in [0, 0.1) is 11.6 Å². The summed E-state index contributed by atoms with van der Waals surface area (Å²) in [6, 6.07) is 1.84. The van der Waals surface area contributed by atoms with Gasteiger partial charge in [0, 0.05) is 10.7 Å². The van der Waals surface area contributed by atoms with Crippen LogP contribution in [0.1, 0.15) is 5.56 Å². The van der Waals surface area contributed by atoms with Gasteiger partial charge in [-0.05, 0) is 17.7 Å². The Labute approximate surface area is 90.0 Å². The maximum atomic E-state index is 12.9. The number of hydrogen-bond donors (Lipinski definition) is 0. The Morgan fingerprint density at radius 2 is 2.00 bits per heavy atom. The normalized spacial score (nSPS) is 11.5. The van der Waals surface area contributed by atoms with E-state index in [1.54, 1.807) is 0 Å². The molecule has 0 unspecified atom stereocenters. The molecule has 0 aliphatic heterocycles. The predicted molar refractivity (Wildman–Crippen MR) is 51.4 cm³/mol. The maximum absolute atomic E-state index is 12.9. The van der Waals surface area contributed by atoms with Crippen LogP contribution in [-0.4, -0.2) is 15.5 Å². The molecule has 0 heterocycles. The Bertz CT molecular complexity index is 473. The topological polar surface area (TPSA) is 43.4 Å². The van der Waals surface area contributed by atoms with E-state index in [2.05, 4.69) is 4.74 Å². The van der Waals surface area contributed by atoms with Gasteiger partial charge in [0.2, 0.25) is 14.9 Å². The van der Waals surface area contributed by atoms with Crippen molar-refractivity contribution in [3.05, 3.63) is 29.3 Å². The van der Waals surface area contributed by atoms with Crippen molar-refractivity contribution >= 4 is 19.7 Å². The molecule has 0 amide bonds. The molecule has 84 valence electrons.